The number of fused-ring (bicyclic) bond motifs is 5. The van der Waals surface area contributed by atoms with E-state index >= 15 is 4.79 Å². The van der Waals surface area contributed by atoms with E-state index in [1.54, 1.807) is 13.8 Å². The molecule has 450 valence electrons. The Kier molecular flexibility index (Phi) is 18.8. The van der Waals surface area contributed by atoms with E-state index in [1.165, 1.54) is 0 Å². The van der Waals surface area contributed by atoms with Crippen molar-refractivity contribution in [3.63, 3.8) is 0 Å². The van der Waals surface area contributed by atoms with Crippen LogP contribution < -0.4 is 0 Å². The van der Waals surface area contributed by atoms with Gasteiger partial charge in [0.1, 0.15) is 103 Å². The molecule has 4 aliphatic carbocycles. The van der Waals surface area contributed by atoms with Crippen molar-refractivity contribution in [2.45, 2.75) is 247 Å². The molecule has 4 heterocycles. The highest BCUT2D eigenvalue weighted by molar-refractivity contribution is 5.88. The molecule has 24 nitrogen and oxygen atoms in total. The molecule has 8 aliphatic rings. The predicted molar refractivity (Wildman–Crippen MR) is 267 cm³/mol. The van der Waals surface area contributed by atoms with Crippen molar-refractivity contribution in [1.82, 2.24) is 0 Å². The van der Waals surface area contributed by atoms with Crippen molar-refractivity contribution in [2.75, 3.05) is 26.4 Å². The summed E-state index contributed by atoms with van der Waals surface area (Å²) >= 11 is 0. The van der Waals surface area contributed by atoms with Crippen molar-refractivity contribution < 1.29 is 119 Å². The van der Waals surface area contributed by atoms with E-state index in [9.17, 15) is 76.6 Å². The second-order valence-electron chi connectivity index (χ2n) is 25.6. The largest absolute Gasteiger partial charge is 0.394 e. The van der Waals surface area contributed by atoms with Crippen LogP contribution >= 0.6 is 0 Å². The molecule has 1 unspecified atom stereocenters. The second-order valence-corrected chi connectivity index (χ2v) is 25.6. The van der Waals surface area contributed by atoms with Gasteiger partial charge in [0.25, 0.3) is 0 Å². The first-order chi connectivity index (χ1) is 36.5. The smallest absolute Gasteiger partial charge is 0.187 e. The molecule has 3 saturated carbocycles. The lowest BCUT2D eigenvalue weighted by molar-refractivity contribution is -0.375. The fourth-order valence-corrected chi connectivity index (χ4v) is 15.4. The molecule has 15 N–H and O–H groups in total. The maximum Gasteiger partial charge on any atom is 0.187 e. The van der Waals surface area contributed by atoms with Crippen molar-refractivity contribution in [2.24, 2.45) is 45.3 Å². The zero-order chi connectivity index (χ0) is 57.5. The number of hydrogen-bond acceptors (Lipinski definition) is 24. The lowest BCUT2D eigenvalue weighted by Crippen LogP contribution is -2.65. The van der Waals surface area contributed by atoms with Gasteiger partial charge in [-0.25, -0.2) is 0 Å². The molecule has 0 radical (unpaired) electrons. The Morgan fingerprint density at radius 1 is 0.590 bits per heavy atom. The van der Waals surface area contributed by atoms with Crippen molar-refractivity contribution in [3.05, 3.63) is 11.6 Å². The first kappa shape index (κ1) is 62.5. The lowest BCUT2D eigenvalue weighted by atomic mass is 9.38. The lowest BCUT2D eigenvalue weighted by Gasteiger charge is -2.65. The van der Waals surface area contributed by atoms with E-state index in [1.807, 2.05) is 13.8 Å². The molecule has 4 saturated heterocycles. The van der Waals surface area contributed by atoms with Gasteiger partial charge in [-0.2, -0.15) is 0 Å². The summed E-state index contributed by atoms with van der Waals surface area (Å²) in [5, 5.41) is 159. The SMILES string of the molecule is C[C@H](CC[C@@H](O[C@@H]1O[C@H](CO)[C@@H](O)[C@H](O)[C@H]1O[C@@H]1O[C@H](CO)[C@@H](O)[C@H](O)[C@H]1O)C(C)(C)O)[C@H]1CC[C@@]2(C)[C@@H]3CC=C4C(CC[C@H](O[C@@H]5O[C@H](CO)[C@@H](O[C@@H]6O[C@H](CO)[C@@H](O)[C@H](O)[C@H]6O)[C@H](O)[C@H]5O)C4(C)C)[C@]3(C)C(=O)C[C@]12C. The highest BCUT2D eigenvalue weighted by Gasteiger charge is 2.71. The highest BCUT2D eigenvalue weighted by atomic mass is 16.8. The van der Waals surface area contributed by atoms with E-state index in [2.05, 4.69) is 33.8 Å². The number of ketones is 1. The van der Waals surface area contributed by atoms with Crippen LogP contribution in [0, 0.1) is 45.3 Å². The Balaban J connectivity index is 0.943. The van der Waals surface area contributed by atoms with E-state index in [0.29, 0.717) is 32.1 Å². The Hall–Kier alpha value is -1.51. The molecule has 0 amide bonds. The van der Waals surface area contributed by atoms with Gasteiger partial charge in [0.2, 0.25) is 0 Å². The summed E-state index contributed by atoms with van der Waals surface area (Å²) in [5.74, 6) is 0.115. The summed E-state index contributed by atoms with van der Waals surface area (Å²) in [7, 11) is 0. The number of rotatable bonds is 17. The van der Waals surface area contributed by atoms with Crippen LogP contribution in [0.15, 0.2) is 11.6 Å². The number of Topliss-reactive ketones (excluding diaryl/α,β-unsaturated/α-hetero) is 1. The number of ether oxygens (including phenoxy) is 8. The van der Waals surface area contributed by atoms with E-state index in [0.717, 1.165) is 18.4 Å². The molecule has 8 rings (SSSR count). The van der Waals surface area contributed by atoms with Crippen LogP contribution in [0.3, 0.4) is 0 Å². The molecule has 0 spiro atoms. The molecule has 29 atom stereocenters. The Morgan fingerprint density at radius 2 is 1.06 bits per heavy atom. The summed E-state index contributed by atoms with van der Waals surface area (Å²) in [6.07, 6.45) is -27.2. The average molecular weight is 1120 g/mol. The fourth-order valence-electron chi connectivity index (χ4n) is 15.4. The van der Waals surface area contributed by atoms with Crippen LogP contribution in [0.5, 0.6) is 0 Å². The van der Waals surface area contributed by atoms with Crippen LogP contribution in [0.4, 0.5) is 0 Å². The van der Waals surface area contributed by atoms with Gasteiger partial charge in [0, 0.05) is 17.3 Å². The van der Waals surface area contributed by atoms with E-state index in [-0.39, 0.29) is 41.3 Å². The molecule has 24 heteroatoms. The third-order valence-corrected chi connectivity index (χ3v) is 20.5. The van der Waals surface area contributed by atoms with Crippen LogP contribution in [0.1, 0.15) is 107 Å². The van der Waals surface area contributed by atoms with Crippen LogP contribution in [-0.2, 0) is 42.7 Å². The summed E-state index contributed by atoms with van der Waals surface area (Å²) < 4.78 is 47.6. The van der Waals surface area contributed by atoms with Crippen LogP contribution in [0.2, 0.25) is 0 Å². The highest BCUT2D eigenvalue weighted by Crippen LogP contribution is 2.74. The molecule has 7 fully saturated rings. The molecule has 78 heavy (non-hydrogen) atoms. The summed E-state index contributed by atoms with van der Waals surface area (Å²) in [4.78, 5) is 15.2. The van der Waals surface area contributed by atoms with Crippen LogP contribution in [-0.4, -0.2) is 249 Å². The Morgan fingerprint density at radius 3 is 1.60 bits per heavy atom. The zero-order valence-corrected chi connectivity index (χ0v) is 46.0. The zero-order valence-electron chi connectivity index (χ0n) is 46.0. The third-order valence-electron chi connectivity index (χ3n) is 20.5. The monoisotopic (exact) mass is 1120 g/mol. The molecule has 0 aromatic heterocycles. The standard InChI is InChI=1S/C54H90O24/c1-22(9-13-33(51(4,5)70)76-49-45(39(65)36(62)28(20-57)73-49)78-48-42(68)38(64)35(61)27(19-56)72-48)23-15-16-52(6)30-12-10-24-25(54(30,8)31(59)17-53(23,52)7)11-14-32(50(24,2)3)75-46-43(69)40(66)44(29(21-58)74-46)77-47-41(67)37(63)34(60)26(18-55)71-47/h10,22-23,25-30,32-49,55-58,60-70H,9,11-21H2,1-8H3/t22-,23-,25?,26-,27-,28-,29-,30+,32+,33-,34-,35-,36-,37+,38+,39+,40-,41-,42-,43-,44-,45-,46+,47+,48+,49+,52+,53-,54+/m1/s1. The van der Waals surface area contributed by atoms with Gasteiger partial charge in [-0.05, 0) is 93.3 Å². The van der Waals surface area contributed by atoms with Gasteiger partial charge in [0.15, 0.2) is 25.2 Å². The second kappa shape index (κ2) is 23.5. The van der Waals surface area contributed by atoms with E-state index in [4.69, 9.17) is 37.9 Å². The molecule has 0 aromatic rings. The number of aliphatic hydroxyl groups is 15. The number of aliphatic hydroxyl groups excluding tert-OH is 14. The Bertz CT molecular complexity index is 2070. The van der Waals surface area contributed by atoms with Gasteiger partial charge in [0.05, 0.1) is 44.2 Å². The maximum absolute atomic E-state index is 15.2. The summed E-state index contributed by atoms with van der Waals surface area (Å²) in [5.41, 5.74) is -2.59. The number of allylic oxidation sites excluding steroid dienone is 1. The minimum absolute atomic E-state index is 0.00515. The Labute approximate surface area is 454 Å². The number of carbonyl (C=O) groups is 1. The van der Waals surface area contributed by atoms with Gasteiger partial charge in [-0.15, -0.1) is 0 Å². The van der Waals surface area contributed by atoms with Crippen LogP contribution in [0.25, 0.3) is 0 Å². The first-order valence-electron chi connectivity index (χ1n) is 27.9. The third kappa shape index (κ3) is 10.7. The first-order valence-corrected chi connectivity index (χ1v) is 27.9. The maximum atomic E-state index is 15.2. The van der Waals surface area contributed by atoms with E-state index < -0.39 is 183 Å². The molecule has 0 bridgehead atoms. The number of carbonyl (C=O) groups excluding carboxylic acids is 1. The minimum atomic E-state index is -1.86. The van der Waals surface area contributed by atoms with Crippen molar-refractivity contribution >= 4 is 5.78 Å². The fraction of sp³-hybridized carbons (Fsp3) is 0.944. The van der Waals surface area contributed by atoms with Gasteiger partial charge >= 0.3 is 0 Å². The van der Waals surface area contributed by atoms with Gasteiger partial charge < -0.3 is 114 Å². The summed E-state index contributed by atoms with van der Waals surface area (Å²) in [6, 6.07) is 0. The number of hydrogen-bond donors (Lipinski definition) is 15. The van der Waals surface area contributed by atoms with Crippen molar-refractivity contribution in [1.29, 1.82) is 0 Å². The normalized spacial score (nSPS) is 50.5. The van der Waals surface area contributed by atoms with Gasteiger partial charge in [-0.1, -0.05) is 53.2 Å². The van der Waals surface area contributed by atoms with Crippen molar-refractivity contribution in [3.8, 4) is 0 Å². The molecule has 4 aliphatic heterocycles. The molecular weight excluding hydrogens is 1030 g/mol. The predicted octanol–water partition coefficient (Wildman–Crippen LogP) is -3.02. The summed E-state index contributed by atoms with van der Waals surface area (Å²) in [6.45, 7) is 13.0. The quantitative estimate of drug-likeness (QED) is 0.0645. The molecular formula is C54H90O24. The molecule has 0 aromatic carbocycles. The minimum Gasteiger partial charge on any atom is -0.394 e. The van der Waals surface area contributed by atoms with Gasteiger partial charge in [-0.3, -0.25) is 4.79 Å². The topological polar surface area (TPSA) is 394 Å². The average Bonchev–Trinajstić information content (AvgIpc) is 3.07.